The van der Waals surface area contributed by atoms with Gasteiger partial charge in [-0.2, -0.15) is 0 Å². The third-order valence-corrected chi connectivity index (χ3v) is 3.83. The molecule has 0 spiro atoms. The molecule has 6 nitrogen and oxygen atoms in total. The zero-order chi connectivity index (χ0) is 17.5. The van der Waals surface area contributed by atoms with Gasteiger partial charge in [0.15, 0.2) is 18.1 Å². The van der Waals surface area contributed by atoms with Crippen molar-refractivity contribution in [2.24, 2.45) is 0 Å². The van der Waals surface area contributed by atoms with E-state index in [4.69, 9.17) is 14.6 Å². The monoisotopic (exact) mass is 323 g/mol. The number of nitrogens with one attached hydrogen (secondary N) is 1. The molecular weight excluding hydrogens is 298 g/mol. The fourth-order valence-corrected chi connectivity index (χ4v) is 1.95. The van der Waals surface area contributed by atoms with E-state index in [1.807, 2.05) is 20.8 Å². The molecule has 0 aliphatic heterocycles. The maximum atomic E-state index is 12.4. The average molecular weight is 323 g/mol. The van der Waals surface area contributed by atoms with Gasteiger partial charge in [0, 0.05) is 11.1 Å². The second kappa shape index (κ2) is 8.41. The van der Waals surface area contributed by atoms with Gasteiger partial charge in [-0.25, -0.2) is 4.79 Å². The van der Waals surface area contributed by atoms with Crippen molar-refractivity contribution in [2.75, 3.05) is 13.2 Å². The van der Waals surface area contributed by atoms with Gasteiger partial charge in [-0.3, -0.25) is 4.79 Å². The lowest BCUT2D eigenvalue weighted by molar-refractivity contribution is -0.139. The summed E-state index contributed by atoms with van der Waals surface area (Å²) in [6.07, 6.45) is 1.65. The van der Waals surface area contributed by atoms with Crippen molar-refractivity contribution in [1.82, 2.24) is 5.32 Å². The van der Waals surface area contributed by atoms with Gasteiger partial charge < -0.3 is 19.9 Å². The molecule has 0 radical (unpaired) electrons. The van der Waals surface area contributed by atoms with Gasteiger partial charge in [0.25, 0.3) is 5.91 Å². The van der Waals surface area contributed by atoms with Crippen molar-refractivity contribution < 1.29 is 24.2 Å². The second-order valence-electron chi connectivity index (χ2n) is 5.50. The van der Waals surface area contributed by atoms with Crippen LogP contribution in [-0.2, 0) is 4.79 Å². The molecule has 1 aromatic rings. The van der Waals surface area contributed by atoms with Crippen LogP contribution in [0.15, 0.2) is 18.2 Å². The van der Waals surface area contributed by atoms with Gasteiger partial charge in [-0.1, -0.05) is 13.8 Å². The molecule has 0 aliphatic rings. The minimum absolute atomic E-state index is 0.193. The number of carboxylic acid groups (broad SMARTS) is 1. The number of hydrogen-bond acceptors (Lipinski definition) is 4. The number of aliphatic carboxylic acids is 1. The summed E-state index contributed by atoms with van der Waals surface area (Å²) in [5, 5.41) is 11.7. The summed E-state index contributed by atoms with van der Waals surface area (Å²) < 4.78 is 10.6. The Morgan fingerprint density at radius 2 is 1.78 bits per heavy atom. The number of carboxylic acids is 1. The molecule has 0 bridgehead atoms. The molecule has 2 N–H and O–H groups in total. The first-order chi connectivity index (χ1) is 10.8. The van der Waals surface area contributed by atoms with E-state index in [-0.39, 0.29) is 11.4 Å². The number of benzene rings is 1. The summed E-state index contributed by atoms with van der Waals surface area (Å²) in [7, 11) is 0. The highest BCUT2D eigenvalue weighted by Gasteiger charge is 2.23. The molecule has 128 valence electrons. The fraction of sp³-hybridized carbons (Fsp3) is 0.529. The third kappa shape index (κ3) is 5.47. The van der Waals surface area contributed by atoms with Crippen LogP contribution in [0.2, 0.25) is 0 Å². The van der Waals surface area contributed by atoms with Gasteiger partial charge in [0.1, 0.15) is 0 Å². The zero-order valence-corrected chi connectivity index (χ0v) is 14.1. The predicted molar refractivity (Wildman–Crippen MR) is 87.2 cm³/mol. The summed E-state index contributed by atoms with van der Waals surface area (Å²) in [4.78, 5) is 23.0. The van der Waals surface area contributed by atoms with E-state index in [0.717, 1.165) is 12.8 Å². The quantitative estimate of drug-likeness (QED) is 0.730. The Kier molecular flexibility index (Phi) is 6.88. The van der Waals surface area contributed by atoms with Crippen LogP contribution < -0.4 is 14.8 Å². The minimum atomic E-state index is -1.07. The maximum Gasteiger partial charge on any atom is 0.341 e. The van der Waals surface area contributed by atoms with E-state index in [2.05, 4.69) is 5.32 Å². The van der Waals surface area contributed by atoms with E-state index in [1.54, 1.807) is 25.1 Å². The smallest absolute Gasteiger partial charge is 0.341 e. The third-order valence-electron chi connectivity index (χ3n) is 3.83. The molecule has 0 saturated carbocycles. The topological polar surface area (TPSA) is 84.9 Å². The molecule has 1 amide bonds. The van der Waals surface area contributed by atoms with Crippen molar-refractivity contribution in [3.8, 4) is 11.5 Å². The standard InChI is InChI=1S/C17H25NO5/c1-5-17(4,6-2)18-16(21)12-8-9-13(23-11-15(19)20)14(10-12)22-7-3/h8-10H,5-7,11H2,1-4H3,(H,18,21)(H,19,20). The Hall–Kier alpha value is -2.24. The van der Waals surface area contributed by atoms with Crippen LogP contribution in [0.1, 0.15) is 50.9 Å². The molecule has 0 atom stereocenters. The van der Waals surface area contributed by atoms with Gasteiger partial charge >= 0.3 is 5.97 Å². The minimum Gasteiger partial charge on any atom is -0.490 e. The second-order valence-corrected chi connectivity index (χ2v) is 5.50. The van der Waals surface area contributed by atoms with Gasteiger partial charge in [-0.15, -0.1) is 0 Å². The van der Waals surface area contributed by atoms with Gasteiger partial charge in [0.2, 0.25) is 0 Å². The van der Waals surface area contributed by atoms with E-state index in [1.165, 1.54) is 0 Å². The van der Waals surface area contributed by atoms with E-state index >= 15 is 0 Å². The molecule has 1 aromatic carbocycles. The molecule has 0 aromatic heterocycles. The van der Waals surface area contributed by atoms with Crippen molar-refractivity contribution >= 4 is 11.9 Å². The Morgan fingerprint density at radius 1 is 1.13 bits per heavy atom. The van der Waals surface area contributed by atoms with E-state index in [0.29, 0.717) is 23.7 Å². The molecule has 0 heterocycles. The highest BCUT2D eigenvalue weighted by Crippen LogP contribution is 2.29. The summed E-state index contributed by atoms with van der Waals surface area (Å²) >= 11 is 0. The SMILES string of the molecule is CCOc1cc(C(=O)NC(C)(CC)CC)ccc1OCC(=O)O. The first kappa shape index (κ1) is 18.8. The lowest BCUT2D eigenvalue weighted by Crippen LogP contribution is -2.44. The lowest BCUT2D eigenvalue weighted by Gasteiger charge is -2.28. The number of carbonyl (C=O) groups excluding carboxylic acids is 1. The highest BCUT2D eigenvalue weighted by molar-refractivity contribution is 5.95. The van der Waals surface area contributed by atoms with Crippen LogP contribution in [0.25, 0.3) is 0 Å². The maximum absolute atomic E-state index is 12.4. The molecule has 1 rings (SSSR count). The summed E-state index contributed by atoms with van der Waals surface area (Å²) in [5.41, 5.74) is 0.186. The first-order valence-corrected chi connectivity index (χ1v) is 7.79. The number of ether oxygens (including phenoxy) is 2. The van der Waals surface area contributed by atoms with Gasteiger partial charge in [0.05, 0.1) is 6.61 Å². The molecule has 0 unspecified atom stereocenters. The Bertz CT molecular complexity index is 552. The van der Waals surface area contributed by atoms with Crippen LogP contribution in [-0.4, -0.2) is 35.7 Å². The predicted octanol–water partition coefficient (Wildman–Crippen LogP) is 2.86. The number of rotatable bonds is 9. The zero-order valence-electron chi connectivity index (χ0n) is 14.1. The van der Waals surface area contributed by atoms with Crippen LogP contribution in [0.3, 0.4) is 0 Å². The lowest BCUT2D eigenvalue weighted by atomic mass is 9.95. The van der Waals surface area contributed by atoms with Gasteiger partial charge in [-0.05, 0) is 44.9 Å². The molecule has 0 saturated heterocycles. The van der Waals surface area contributed by atoms with E-state index in [9.17, 15) is 9.59 Å². The molecule has 6 heteroatoms. The van der Waals surface area contributed by atoms with Crippen molar-refractivity contribution in [1.29, 1.82) is 0 Å². The van der Waals surface area contributed by atoms with Crippen LogP contribution in [0.4, 0.5) is 0 Å². The molecule has 0 fully saturated rings. The average Bonchev–Trinajstić information content (AvgIpc) is 2.53. The van der Waals surface area contributed by atoms with Crippen molar-refractivity contribution in [3.63, 3.8) is 0 Å². The number of amides is 1. The van der Waals surface area contributed by atoms with E-state index < -0.39 is 12.6 Å². The summed E-state index contributed by atoms with van der Waals surface area (Å²) in [5.74, 6) is -0.603. The fourth-order valence-electron chi connectivity index (χ4n) is 1.95. The number of hydrogen-bond donors (Lipinski definition) is 2. The Morgan fingerprint density at radius 3 is 2.30 bits per heavy atom. The van der Waals surface area contributed by atoms with Crippen molar-refractivity contribution in [3.05, 3.63) is 23.8 Å². The summed E-state index contributed by atoms with van der Waals surface area (Å²) in [6, 6.07) is 4.72. The first-order valence-electron chi connectivity index (χ1n) is 7.79. The highest BCUT2D eigenvalue weighted by atomic mass is 16.5. The normalized spacial score (nSPS) is 11.0. The molecular formula is C17H25NO5. The van der Waals surface area contributed by atoms with Crippen LogP contribution >= 0.6 is 0 Å². The molecule has 23 heavy (non-hydrogen) atoms. The van der Waals surface area contributed by atoms with Crippen LogP contribution in [0, 0.1) is 0 Å². The Labute approximate surface area is 136 Å². The summed E-state index contributed by atoms with van der Waals surface area (Å²) in [6.45, 7) is 7.78. The molecule has 0 aliphatic carbocycles. The largest absolute Gasteiger partial charge is 0.490 e. The van der Waals surface area contributed by atoms with Crippen molar-refractivity contribution in [2.45, 2.75) is 46.1 Å². The number of carbonyl (C=O) groups is 2. The Balaban J connectivity index is 2.97. The van der Waals surface area contributed by atoms with Crippen LogP contribution in [0.5, 0.6) is 11.5 Å².